The predicted molar refractivity (Wildman–Crippen MR) is 38.9 cm³/mol. The van der Waals surface area contributed by atoms with E-state index in [4.69, 9.17) is 11.6 Å². The molecule has 0 aromatic carbocycles. The monoisotopic (exact) mass is 177 g/mol. The minimum Gasteiger partial charge on any atom is -0.244 e. The van der Waals surface area contributed by atoms with Crippen LogP contribution in [0.3, 0.4) is 0 Å². The van der Waals surface area contributed by atoms with Gasteiger partial charge < -0.3 is 0 Å². The molecule has 0 aliphatic heterocycles. The van der Waals surface area contributed by atoms with Crippen LogP contribution in [0.5, 0.6) is 0 Å². The van der Waals surface area contributed by atoms with Gasteiger partial charge in [0.15, 0.2) is 0 Å². The fourth-order valence-corrected chi connectivity index (χ4v) is 0.973. The summed E-state index contributed by atoms with van der Waals surface area (Å²) in [6, 6.07) is 1.42. The highest BCUT2D eigenvalue weighted by Crippen LogP contribution is 2.22. The van der Waals surface area contributed by atoms with Crippen LogP contribution in [-0.2, 0) is 0 Å². The van der Waals surface area contributed by atoms with Crippen molar-refractivity contribution in [1.29, 1.82) is 0 Å². The van der Waals surface area contributed by atoms with Gasteiger partial charge in [0.2, 0.25) is 0 Å². The van der Waals surface area contributed by atoms with E-state index < -0.39 is 6.43 Å². The third-order valence-electron chi connectivity index (χ3n) is 1.35. The number of pyridine rings is 1. The molecule has 0 fully saturated rings. The molecule has 60 valence electrons. The minimum absolute atomic E-state index is 0.0607. The fourth-order valence-electron chi connectivity index (χ4n) is 0.761. The zero-order valence-corrected chi connectivity index (χ0v) is 6.57. The number of alkyl halides is 2. The van der Waals surface area contributed by atoms with Gasteiger partial charge in [-0.05, 0) is 18.6 Å². The van der Waals surface area contributed by atoms with Crippen molar-refractivity contribution in [2.75, 3.05) is 0 Å². The van der Waals surface area contributed by atoms with Crippen molar-refractivity contribution in [2.45, 2.75) is 13.3 Å². The highest BCUT2D eigenvalue weighted by Gasteiger charge is 2.10. The highest BCUT2D eigenvalue weighted by atomic mass is 35.5. The average molecular weight is 178 g/mol. The summed E-state index contributed by atoms with van der Waals surface area (Å²) in [6.45, 7) is 1.58. The van der Waals surface area contributed by atoms with Gasteiger partial charge in [-0.2, -0.15) is 0 Å². The van der Waals surface area contributed by atoms with Crippen molar-refractivity contribution < 1.29 is 8.78 Å². The van der Waals surface area contributed by atoms with Gasteiger partial charge in [0, 0.05) is 11.8 Å². The fraction of sp³-hybridized carbons (Fsp3) is 0.286. The molecule has 1 heterocycles. The van der Waals surface area contributed by atoms with Crippen molar-refractivity contribution in [2.24, 2.45) is 0 Å². The molecule has 0 unspecified atom stereocenters. The Morgan fingerprint density at radius 3 is 2.64 bits per heavy atom. The first kappa shape index (κ1) is 8.40. The van der Waals surface area contributed by atoms with Gasteiger partial charge in [0.25, 0.3) is 6.43 Å². The van der Waals surface area contributed by atoms with E-state index in [0.29, 0.717) is 5.56 Å². The Morgan fingerprint density at radius 1 is 1.55 bits per heavy atom. The van der Waals surface area contributed by atoms with E-state index in [2.05, 4.69) is 4.98 Å². The maximum Gasteiger partial charge on any atom is 0.265 e. The molecular formula is C7H6ClF2N. The van der Waals surface area contributed by atoms with Crippen LogP contribution in [0.4, 0.5) is 8.78 Å². The summed E-state index contributed by atoms with van der Waals surface area (Å²) in [5.41, 5.74) is 0.411. The topological polar surface area (TPSA) is 12.9 Å². The molecule has 0 saturated heterocycles. The Bertz CT molecular complexity index is 263. The van der Waals surface area contributed by atoms with Crippen molar-refractivity contribution in [3.63, 3.8) is 0 Å². The van der Waals surface area contributed by atoms with Gasteiger partial charge >= 0.3 is 0 Å². The highest BCUT2D eigenvalue weighted by molar-refractivity contribution is 6.29. The molecule has 1 aromatic heterocycles. The lowest BCUT2D eigenvalue weighted by molar-refractivity contribution is 0.150. The first-order valence-corrected chi connectivity index (χ1v) is 3.39. The molecule has 1 rings (SSSR count). The van der Waals surface area contributed by atoms with E-state index in [1.165, 1.54) is 6.07 Å². The van der Waals surface area contributed by atoms with Gasteiger partial charge in [-0.3, -0.25) is 0 Å². The van der Waals surface area contributed by atoms with E-state index in [0.717, 1.165) is 6.20 Å². The molecule has 0 saturated carbocycles. The number of halogens is 3. The maximum atomic E-state index is 12.1. The Hall–Kier alpha value is -0.700. The van der Waals surface area contributed by atoms with Gasteiger partial charge in [-0.1, -0.05) is 11.6 Å². The molecule has 0 aliphatic rings. The average Bonchev–Trinajstić information content (AvgIpc) is 1.85. The van der Waals surface area contributed by atoms with Crippen LogP contribution >= 0.6 is 11.6 Å². The van der Waals surface area contributed by atoms with Gasteiger partial charge in [0.05, 0.1) is 0 Å². The van der Waals surface area contributed by atoms with Crippen LogP contribution in [0.2, 0.25) is 5.15 Å². The standard InChI is InChI=1S/C7H6ClF2N/c1-4-2-6(8)11-3-5(4)7(9)10/h2-3,7H,1H3. The SMILES string of the molecule is Cc1cc(Cl)ncc1C(F)F. The minimum atomic E-state index is -2.47. The van der Waals surface area contributed by atoms with Crippen LogP contribution in [0, 0.1) is 6.92 Å². The number of hydrogen-bond acceptors (Lipinski definition) is 1. The molecule has 0 aliphatic carbocycles. The molecular weight excluding hydrogens is 172 g/mol. The first-order valence-electron chi connectivity index (χ1n) is 3.01. The first-order chi connectivity index (χ1) is 5.11. The Kier molecular flexibility index (Phi) is 2.39. The smallest absolute Gasteiger partial charge is 0.244 e. The summed E-state index contributed by atoms with van der Waals surface area (Å²) >= 11 is 5.47. The second-order valence-corrected chi connectivity index (χ2v) is 2.55. The molecule has 0 spiro atoms. The zero-order chi connectivity index (χ0) is 8.43. The summed E-state index contributed by atoms with van der Waals surface area (Å²) in [7, 11) is 0. The van der Waals surface area contributed by atoms with Crippen LogP contribution in [-0.4, -0.2) is 4.98 Å². The molecule has 0 atom stereocenters. The second kappa shape index (κ2) is 3.13. The maximum absolute atomic E-state index is 12.1. The quantitative estimate of drug-likeness (QED) is 0.601. The Morgan fingerprint density at radius 2 is 2.18 bits per heavy atom. The normalized spacial score (nSPS) is 10.6. The van der Waals surface area contributed by atoms with E-state index >= 15 is 0 Å². The summed E-state index contributed by atoms with van der Waals surface area (Å²) in [5, 5.41) is 0.243. The van der Waals surface area contributed by atoms with Crippen molar-refractivity contribution in [3.8, 4) is 0 Å². The molecule has 4 heteroatoms. The van der Waals surface area contributed by atoms with Crippen molar-refractivity contribution >= 4 is 11.6 Å². The molecule has 1 aromatic rings. The lowest BCUT2D eigenvalue weighted by Gasteiger charge is -2.02. The number of aromatic nitrogens is 1. The molecule has 0 amide bonds. The second-order valence-electron chi connectivity index (χ2n) is 2.16. The summed E-state index contributed by atoms with van der Waals surface area (Å²) in [4.78, 5) is 3.55. The van der Waals surface area contributed by atoms with E-state index in [1.807, 2.05) is 0 Å². The summed E-state index contributed by atoms with van der Waals surface area (Å²) in [6.07, 6.45) is -1.37. The van der Waals surface area contributed by atoms with Gasteiger partial charge in [-0.25, -0.2) is 13.8 Å². The predicted octanol–water partition coefficient (Wildman–Crippen LogP) is 2.98. The molecule has 1 nitrogen and oxygen atoms in total. The summed E-state index contributed by atoms with van der Waals surface area (Å²) < 4.78 is 24.2. The molecule has 0 radical (unpaired) electrons. The van der Waals surface area contributed by atoms with Crippen LogP contribution in [0.25, 0.3) is 0 Å². The van der Waals surface area contributed by atoms with Gasteiger partial charge in [0.1, 0.15) is 5.15 Å². The third-order valence-corrected chi connectivity index (χ3v) is 1.56. The number of hydrogen-bond donors (Lipinski definition) is 0. The number of aryl methyl sites for hydroxylation is 1. The van der Waals surface area contributed by atoms with Gasteiger partial charge in [-0.15, -0.1) is 0 Å². The third kappa shape index (κ3) is 1.87. The van der Waals surface area contributed by atoms with Crippen LogP contribution in [0.15, 0.2) is 12.3 Å². The lowest BCUT2D eigenvalue weighted by Crippen LogP contribution is -1.90. The van der Waals surface area contributed by atoms with E-state index in [1.54, 1.807) is 6.92 Å². The molecule has 0 bridgehead atoms. The van der Waals surface area contributed by atoms with Crippen LogP contribution < -0.4 is 0 Å². The van der Waals surface area contributed by atoms with E-state index in [9.17, 15) is 8.78 Å². The van der Waals surface area contributed by atoms with E-state index in [-0.39, 0.29) is 10.7 Å². The summed E-state index contributed by atoms with van der Waals surface area (Å²) in [5.74, 6) is 0. The van der Waals surface area contributed by atoms with Crippen LogP contribution in [0.1, 0.15) is 17.6 Å². The Labute approximate surface area is 68.0 Å². The number of rotatable bonds is 1. The van der Waals surface area contributed by atoms with Crippen molar-refractivity contribution in [3.05, 3.63) is 28.5 Å². The molecule has 0 N–H and O–H groups in total. The Balaban J connectivity index is 3.09. The lowest BCUT2D eigenvalue weighted by atomic mass is 10.2. The number of nitrogens with zero attached hydrogens (tertiary/aromatic N) is 1. The molecule has 11 heavy (non-hydrogen) atoms. The zero-order valence-electron chi connectivity index (χ0n) is 5.81. The largest absolute Gasteiger partial charge is 0.265 e. The van der Waals surface area contributed by atoms with Crippen molar-refractivity contribution in [1.82, 2.24) is 4.98 Å².